The average Bonchev–Trinajstić information content (AvgIpc) is 3.43. The standard InChI is InChI=1S/C31H34N4O3/c1-4-5-6-7-15-38-24-12-10-23(11-13-24)30-27-28(26-21(3)16-20(2)17-25(26)36)33-34-29(27)31(37)35(30)19-22-9-8-14-32-18-22/h8-14,16-18,30,36H,4-7,15,19H2,1-3H3,(H,33,34). The highest BCUT2D eigenvalue weighted by Crippen LogP contribution is 2.46. The molecule has 0 radical (unpaired) electrons. The van der Waals surface area contributed by atoms with Gasteiger partial charge in [0, 0.05) is 30.1 Å². The van der Waals surface area contributed by atoms with Crippen molar-refractivity contribution in [1.29, 1.82) is 0 Å². The number of H-pyrrole nitrogens is 1. The molecule has 7 heteroatoms. The van der Waals surface area contributed by atoms with Crippen LogP contribution in [0.1, 0.15) is 77.0 Å². The molecule has 1 amide bonds. The van der Waals surface area contributed by atoms with E-state index in [9.17, 15) is 9.90 Å². The molecule has 0 bridgehead atoms. The van der Waals surface area contributed by atoms with Crippen molar-refractivity contribution in [2.24, 2.45) is 0 Å². The van der Waals surface area contributed by atoms with E-state index in [1.165, 1.54) is 19.3 Å². The molecule has 0 saturated heterocycles. The summed E-state index contributed by atoms with van der Waals surface area (Å²) >= 11 is 0. The molecule has 7 nitrogen and oxygen atoms in total. The van der Waals surface area contributed by atoms with E-state index >= 15 is 0 Å². The Morgan fingerprint density at radius 1 is 1.08 bits per heavy atom. The fraction of sp³-hybridized carbons (Fsp3) is 0.323. The van der Waals surface area contributed by atoms with Gasteiger partial charge in [-0.15, -0.1) is 0 Å². The van der Waals surface area contributed by atoms with Gasteiger partial charge in [0.15, 0.2) is 0 Å². The zero-order chi connectivity index (χ0) is 26.6. The highest BCUT2D eigenvalue weighted by atomic mass is 16.5. The number of hydrogen-bond donors (Lipinski definition) is 2. The molecule has 2 aromatic heterocycles. The number of nitrogens with zero attached hydrogens (tertiary/aromatic N) is 3. The Balaban J connectivity index is 1.52. The van der Waals surface area contributed by atoms with Crippen LogP contribution in [0.4, 0.5) is 0 Å². The van der Waals surface area contributed by atoms with E-state index in [1.54, 1.807) is 18.5 Å². The zero-order valence-electron chi connectivity index (χ0n) is 22.2. The molecular formula is C31H34N4O3. The number of aromatic nitrogens is 3. The van der Waals surface area contributed by atoms with Gasteiger partial charge >= 0.3 is 0 Å². The molecule has 1 unspecified atom stereocenters. The predicted octanol–water partition coefficient (Wildman–Crippen LogP) is 6.50. The van der Waals surface area contributed by atoms with E-state index in [1.807, 2.05) is 61.2 Å². The predicted molar refractivity (Wildman–Crippen MR) is 147 cm³/mol. The molecule has 2 aromatic carbocycles. The van der Waals surface area contributed by atoms with Crippen LogP contribution in [-0.4, -0.2) is 37.7 Å². The van der Waals surface area contributed by atoms with Crippen LogP contribution in [0.25, 0.3) is 11.3 Å². The van der Waals surface area contributed by atoms with E-state index in [0.717, 1.165) is 40.0 Å². The van der Waals surface area contributed by atoms with Gasteiger partial charge in [-0.05, 0) is 66.8 Å². The summed E-state index contributed by atoms with van der Waals surface area (Å²) in [4.78, 5) is 19.8. The van der Waals surface area contributed by atoms with Crippen molar-refractivity contribution in [3.05, 3.63) is 94.4 Å². The van der Waals surface area contributed by atoms with Gasteiger partial charge < -0.3 is 14.7 Å². The molecule has 1 atom stereocenters. The minimum absolute atomic E-state index is 0.131. The summed E-state index contributed by atoms with van der Waals surface area (Å²) < 4.78 is 5.96. The summed E-state index contributed by atoms with van der Waals surface area (Å²) in [5.41, 5.74) is 6.21. The third-order valence-corrected chi connectivity index (χ3v) is 7.10. The average molecular weight is 511 g/mol. The third-order valence-electron chi connectivity index (χ3n) is 7.10. The van der Waals surface area contributed by atoms with Gasteiger partial charge in [-0.2, -0.15) is 5.10 Å². The Morgan fingerprint density at radius 2 is 1.89 bits per heavy atom. The van der Waals surface area contributed by atoms with Gasteiger partial charge in [0.25, 0.3) is 5.91 Å². The van der Waals surface area contributed by atoms with Crippen LogP contribution >= 0.6 is 0 Å². The highest BCUT2D eigenvalue weighted by molar-refractivity contribution is 6.00. The number of pyridine rings is 1. The number of carbonyl (C=O) groups excluding carboxylic acids is 1. The minimum atomic E-state index is -0.384. The zero-order valence-corrected chi connectivity index (χ0v) is 22.2. The normalized spacial score (nSPS) is 14.7. The molecule has 3 heterocycles. The molecule has 1 aliphatic heterocycles. The molecule has 5 rings (SSSR count). The van der Waals surface area contributed by atoms with E-state index in [4.69, 9.17) is 4.74 Å². The Morgan fingerprint density at radius 3 is 2.61 bits per heavy atom. The molecule has 0 spiro atoms. The quantitative estimate of drug-likeness (QED) is 0.238. The molecule has 38 heavy (non-hydrogen) atoms. The first-order valence-electron chi connectivity index (χ1n) is 13.3. The van der Waals surface area contributed by atoms with E-state index in [0.29, 0.717) is 30.1 Å². The number of nitrogens with one attached hydrogen (secondary N) is 1. The van der Waals surface area contributed by atoms with Gasteiger partial charge in [-0.1, -0.05) is 50.5 Å². The summed E-state index contributed by atoms with van der Waals surface area (Å²) in [7, 11) is 0. The van der Waals surface area contributed by atoms with E-state index < -0.39 is 0 Å². The number of rotatable bonds is 10. The van der Waals surface area contributed by atoms with Crippen LogP contribution in [0.2, 0.25) is 0 Å². The molecule has 0 fully saturated rings. The SMILES string of the molecule is CCCCCCOc1ccc(C2c3c(-c4c(C)cc(C)cc4O)n[nH]c3C(=O)N2Cc2cccnc2)cc1. The number of fused-ring (bicyclic) bond motifs is 1. The molecular weight excluding hydrogens is 476 g/mol. The second-order valence-electron chi connectivity index (χ2n) is 10.0. The number of carbonyl (C=O) groups is 1. The summed E-state index contributed by atoms with van der Waals surface area (Å²) in [6.45, 7) is 7.18. The highest BCUT2D eigenvalue weighted by Gasteiger charge is 2.42. The summed E-state index contributed by atoms with van der Waals surface area (Å²) in [5.74, 6) is 0.835. The minimum Gasteiger partial charge on any atom is -0.507 e. The molecule has 4 aromatic rings. The van der Waals surface area contributed by atoms with Crippen molar-refractivity contribution in [3.63, 3.8) is 0 Å². The maximum absolute atomic E-state index is 13.7. The fourth-order valence-electron chi connectivity index (χ4n) is 5.30. The van der Waals surface area contributed by atoms with Crippen LogP contribution in [0.3, 0.4) is 0 Å². The number of unbranched alkanes of at least 4 members (excludes halogenated alkanes) is 3. The Bertz CT molecular complexity index is 1390. The van der Waals surface area contributed by atoms with Crippen LogP contribution in [0, 0.1) is 13.8 Å². The lowest BCUT2D eigenvalue weighted by Crippen LogP contribution is -2.29. The molecule has 0 aliphatic carbocycles. The van der Waals surface area contributed by atoms with Crippen LogP contribution in [0.5, 0.6) is 11.5 Å². The first kappa shape index (κ1) is 25.5. The van der Waals surface area contributed by atoms with Gasteiger partial charge in [0.05, 0.1) is 12.6 Å². The maximum atomic E-state index is 13.7. The Hall–Kier alpha value is -4.13. The maximum Gasteiger partial charge on any atom is 0.273 e. The van der Waals surface area contributed by atoms with Gasteiger partial charge in [-0.25, -0.2) is 0 Å². The number of ether oxygens (including phenoxy) is 1. The van der Waals surface area contributed by atoms with Crippen molar-refractivity contribution in [2.75, 3.05) is 6.61 Å². The molecule has 0 saturated carbocycles. The number of benzene rings is 2. The number of aromatic hydroxyl groups is 1. The molecule has 1 aliphatic rings. The number of aryl methyl sites for hydroxylation is 2. The van der Waals surface area contributed by atoms with Crippen molar-refractivity contribution >= 4 is 5.91 Å². The number of amides is 1. The van der Waals surface area contributed by atoms with Gasteiger partial charge in [-0.3, -0.25) is 14.9 Å². The number of hydrogen-bond acceptors (Lipinski definition) is 5. The largest absolute Gasteiger partial charge is 0.507 e. The van der Waals surface area contributed by atoms with Crippen LogP contribution < -0.4 is 4.74 Å². The monoisotopic (exact) mass is 510 g/mol. The van der Waals surface area contributed by atoms with Crippen LogP contribution in [0.15, 0.2) is 60.9 Å². The molecule has 2 N–H and O–H groups in total. The summed E-state index contributed by atoms with van der Waals surface area (Å²) in [6, 6.07) is 15.2. The third kappa shape index (κ3) is 5.01. The second kappa shape index (κ2) is 11.1. The smallest absolute Gasteiger partial charge is 0.273 e. The lowest BCUT2D eigenvalue weighted by Gasteiger charge is -2.27. The number of aromatic amines is 1. The van der Waals surface area contributed by atoms with Crippen LogP contribution in [-0.2, 0) is 6.54 Å². The Labute approximate surface area is 223 Å². The van der Waals surface area contributed by atoms with Gasteiger partial charge in [0.1, 0.15) is 22.9 Å². The van der Waals surface area contributed by atoms with Crippen molar-refractivity contribution in [2.45, 2.75) is 59.0 Å². The Kier molecular flexibility index (Phi) is 7.45. The first-order chi connectivity index (χ1) is 18.5. The van der Waals surface area contributed by atoms with E-state index in [-0.39, 0.29) is 17.7 Å². The number of phenols is 1. The van der Waals surface area contributed by atoms with E-state index in [2.05, 4.69) is 22.1 Å². The number of phenolic OH excluding ortho intramolecular Hbond substituents is 1. The van der Waals surface area contributed by atoms with Crippen molar-refractivity contribution in [1.82, 2.24) is 20.1 Å². The molecule has 196 valence electrons. The fourth-order valence-corrected chi connectivity index (χ4v) is 5.30. The lowest BCUT2D eigenvalue weighted by atomic mass is 9.93. The van der Waals surface area contributed by atoms with Crippen molar-refractivity contribution in [3.8, 4) is 22.8 Å². The summed E-state index contributed by atoms with van der Waals surface area (Å²) in [6.07, 6.45) is 8.12. The summed E-state index contributed by atoms with van der Waals surface area (Å²) in [5, 5.41) is 18.4. The first-order valence-corrected chi connectivity index (χ1v) is 13.3. The van der Waals surface area contributed by atoms with Gasteiger partial charge in [0.2, 0.25) is 0 Å². The van der Waals surface area contributed by atoms with Crippen molar-refractivity contribution < 1.29 is 14.6 Å². The topological polar surface area (TPSA) is 91.3 Å². The lowest BCUT2D eigenvalue weighted by molar-refractivity contribution is 0.0730. The second-order valence-corrected chi connectivity index (χ2v) is 10.0.